The lowest BCUT2D eigenvalue weighted by Crippen LogP contribution is -1.99. The molecule has 0 aliphatic rings. The molecule has 0 atom stereocenters. The first-order chi connectivity index (χ1) is 9.13. The van der Waals surface area contributed by atoms with Crippen LogP contribution in [0.1, 0.15) is 11.1 Å². The van der Waals surface area contributed by atoms with E-state index in [0.29, 0.717) is 0 Å². The molecule has 0 fully saturated rings. The summed E-state index contributed by atoms with van der Waals surface area (Å²) in [6, 6.07) is 15.4. The molecule has 1 N–H and O–H groups in total. The number of rotatable bonds is 5. The number of carboxylic acid groups (broad SMARTS) is 1. The van der Waals surface area contributed by atoms with E-state index in [2.05, 4.69) is 0 Å². The van der Waals surface area contributed by atoms with Crippen molar-refractivity contribution in [1.82, 2.24) is 0 Å². The van der Waals surface area contributed by atoms with Crippen molar-refractivity contribution in [2.75, 3.05) is 0 Å². The molecule has 0 aliphatic carbocycles. The summed E-state index contributed by atoms with van der Waals surface area (Å²) in [5, 5.41) is 9.44. The summed E-state index contributed by atoms with van der Waals surface area (Å²) >= 11 is 7.55. The van der Waals surface area contributed by atoms with Gasteiger partial charge >= 0.3 is 5.97 Å². The Hall–Kier alpha value is -1.45. The molecule has 0 saturated carbocycles. The maximum atomic E-state index is 10.6. The number of hydrogen-bond acceptors (Lipinski definition) is 2. The largest absolute Gasteiger partial charge is 0.481 e. The minimum absolute atomic E-state index is 0.0716. The minimum Gasteiger partial charge on any atom is -0.481 e. The van der Waals surface area contributed by atoms with Gasteiger partial charge in [-0.1, -0.05) is 35.9 Å². The van der Waals surface area contributed by atoms with Gasteiger partial charge in [0, 0.05) is 15.7 Å². The average Bonchev–Trinajstić information content (AvgIpc) is 2.39. The first-order valence-electron chi connectivity index (χ1n) is 5.81. The van der Waals surface area contributed by atoms with E-state index in [9.17, 15) is 4.79 Å². The van der Waals surface area contributed by atoms with E-state index >= 15 is 0 Å². The van der Waals surface area contributed by atoms with Crippen LogP contribution in [-0.4, -0.2) is 11.1 Å². The molecule has 0 amide bonds. The summed E-state index contributed by atoms with van der Waals surface area (Å²) in [5.41, 5.74) is 2.03. The van der Waals surface area contributed by atoms with Gasteiger partial charge in [0.2, 0.25) is 0 Å². The Morgan fingerprint density at radius 1 is 1.00 bits per heavy atom. The maximum Gasteiger partial charge on any atom is 0.307 e. The van der Waals surface area contributed by atoms with Crippen LogP contribution in [-0.2, 0) is 17.0 Å². The summed E-state index contributed by atoms with van der Waals surface area (Å²) < 4.78 is 0. The molecule has 98 valence electrons. The van der Waals surface area contributed by atoms with Crippen molar-refractivity contribution in [1.29, 1.82) is 0 Å². The Kier molecular flexibility index (Phi) is 4.88. The number of benzene rings is 2. The third-order valence-electron chi connectivity index (χ3n) is 2.60. The standard InChI is InChI=1S/C15H13ClO2S/c16-13-5-1-12(2-6-13)10-19-14-7-3-11(4-8-14)9-15(17)18/h1-8H,9-10H2,(H,17,18). The highest BCUT2D eigenvalue weighted by Crippen LogP contribution is 2.23. The molecule has 19 heavy (non-hydrogen) atoms. The van der Waals surface area contributed by atoms with Crippen molar-refractivity contribution in [3.05, 3.63) is 64.7 Å². The highest BCUT2D eigenvalue weighted by molar-refractivity contribution is 7.98. The molecule has 0 aliphatic heterocycles. The third kappa shape index (κ3) is 4.62. The van der Waals surface area contributed by atoms with Gasteiger partial charge in [-0.15, -0.1) is 11.8 Å². The van der Waals surface area contributed by atoms with Crippen LogP contribution < -0.4 is 0 Å². The van der Waals surface area contributed by atoms with Gasteiger partial charge < -0.3 is 5.11 Å². The molecular formula is C15H13ClO2S. The number of aliphatic carboxylic acids is 1. The second-order valence-electron chi connectivity index (χ2n) is 4.13. The summed E-state index contributed by atoms with van der Waals surface area (Å²) in [4.78, 5) is 11.7. The normalized spacial score (nSPS) is 10.4. The Morgan fingerprint density at radius 3 is 2.16 bits per heavy atom. The monoisotopic (exact) mass is 292 g/mol. The van der Waals surface area contributed by atoms with Crippen molar-refractivity contribution < 1.29 is 9.90 Å². The van der Waals surface area contributed by atoms with Gasteiger partial charge in [0.15, 0.2) is 0 Å². The first-order valence-corrected chi connectivity index (χ1v) is 7.18. The van der Waals surface area contributed by atoms with Gasteiger partial charge in [0.25, 0.3) is 0 Å². The van der Waals surface area contributed by atoms with Gasteiger partial charge in [-0.25, -0.2) is 0 Å². The lowest BCUT2D eigenvalue weighted by molar-refractivity contribution is -0.136. The zero-order valence-electron chi connectivity index (χ0n) is 10.2. The van der Waals surface area contributed by atoms with E-state index in [-0.39, 0.29) is 6.42 Å². The average molecular weight is 293 g/mol. The van der Waals surface area contributed by atoms with E-state index < -0.39 is 5.97 Å². The second kappa shape index (κ2) is 6.64. The molecule has 2 nitrogen and oxygen atoms in total. The van der Waals surface area contributed by atoms with Gasteiger partial charge in [-0.3, -0.25) is 4.79 Å². The lowest BCUT2D eigenvalue weighted by Gasteiger charge is -2.03. The molecule has 0 aromatic heterocycles. The van der Waals surface area contributed by atoms with Crippen LogP contribution in [0.2, 0.25) is 5.02 Å². The SMILES string of the molecule is O=C(O)Cc1ccc(SCc2ccc(Cl)cc2)cc1. The highest BCUT2D eigenvalue weighted by atomic mass is 35.5. The Labute approximate surface area is 121 Å². The Bertz CT molecular complexity index is 549. The fourth-order valence-corrected chi connectivity index (χ4v) is 2.61. The Morgan fingerprint density at radius 2 is 1.58 bits per heavy atom. The minimum atomic E-state index is -0.804. The fourth-order valence-electron chi connectivity index (χ4n) is 1.63. The van der Waals surface area contributed by atoms with Crippen LogP contribution >= 0.6 is 23.4 Å². The molecule has 0 bridgehead atoms. The van der Waals surface area contributed by atoms with Gasteiger partial charge in [0.05, 0.1) is 6.42 Å². The lowest BCUT2D eigenvalue weighted by atomic mass is 10.2. The number of hydrogen-bond donors (Lipinski definition) is 1. The molecule has 4 heteroatoms. The van der Waals surface area contributed by atoms with Crippen LogP contribution in [0.25, 0.3) is 0 Å². The van der Waals surface area contributed by atoms with E-state index in [1.54, 1.807) is 11.8 Å². The van der Waals surface area contributed by atoms with Crippen molar-refractivity contribution in [3.63, 3.8) is 0 Å². The molecule has 0 radical (unpaired) electrons. The number of carboxylic acids is 1. The predicted molar refractivity (Wildman–Crippen MR) is 78.8 cm³/mol. The molecular weight excluding hydrogens is 280 g/mol. The van der Waals surface area contributed by atoms with Gasteiger partial charge in [-0.05, 0) is 35.4 Å². The van der Waals surface area contributed by atoms with Gasteiger partial charge in [-0.2, -0.15) is 0 Å². The van der Waals surface area contributed by atoms with E-state index in [1.807, 2.05) is 48.5 Å². The predicted octanol–water partition coefficient (Wildman–Crippen LogP) is 4.26. The number of halogens is 1. The zero-order chi connectivity index (χ0) is 13.7. The maximum absolute atomic E-state index is 10.6. The smallest absolute Gasteiger partial charge is 0.307 e. The quantitative estimate of drug-likeness (QED) is 0.837. The van der Waals surface area contributed by atoms with E-state index in [4.69, 9.17) is 16.7 Å². The molecule has 0 heterocycles. The zero-order valence-corrected chi connectivity index (χ0v) is 11.7. The summed E-state index contributed by atoms with van der Waals surface area (Å²) in [6.07, 6.45) is 0.0716. The number of thioether (sulfide) groups is 1. The first kappa shape index (κ1) is 14.0. The van der Waals surface area contributed by atoms with Crippen LogP contribution in [0.15, 0.2) is 53.4 Å². The fraction of sp³-hybridized carbons (Fsp3) is 0.133. The van der Waals surface area contributed by atoms with E-state index in [0.717, 1.165) is 21.2 Å². The summed E-state index contributed by atoms with van der Waals surface area (Å²) in [7, 11) is 0. The molecule has 2 rings (SSSR count). The summed E-state index contributed by atoms with van der Waals surface area (Å²) in [5.74, 6) is 0.0664. The van der Waals surface area contributed by atoms with Crippen molar-refractivity contribution in [2.45, 2.75) is 17.1 Å². The summed E-state index contributed by atoms with van der Waals surface area (Å²) in [6.45, 7) is 0. The van der Waals surface area contributed by atoms with Crippen LogP contribution in [0.4, 0.5) is 0 Å². The molecule has 0 unspecified atom stereocenters. The third-order valence-corrected chi connectivity index (χ3v) is 3.93. The van der Waals surface area contributed by atoms with Crippen molar-refractivity contribution in [3.8, 4) is 0 Å². The van der Waals surface area contributed by atoms with E-state index in [1.165, 1.54) is 5.56 Å². The van der Waals surface area contributed by atoms with Crippen LogP contribution in [0.3, 0.4) is 0 Å². The van der Waals surface area contributed by atoms with Crippen molar-refractivity contribution in [2.24, 2.45) is 0 Å². The number of carbonyl (C=O) groups is 1. The topological polar surface area (TPSA) is 37.3 Å². The molecule has 2 aromatic rings. The Balaban J connectivity index is 1.92. The van der Waals surface area contributed by atoms with Crippen LogP contribution in [0, 0.1) is 0 Å². The van der Waals surface area contributed by atoms with Crippen molar-refractivity contribution >= 4 is 29.3 Å². The second-order valence-corrected chi connectivity index (χ2v) is 5.61. The van der Waals surface area contributed by atoms with Gasteiger partial charge in [0.1, 0.15) is 0 Å². The highest BCUT2D eigenvalue weighted by Gasteiger charge is 2.01. The van der Waals surface area contributed by atoms with Crippen LogP contribution in [0.5, 0.6) is 0 Å². The molecule has 0 spiro atoms. The molecule has 2 aromatic carbocycles. The molecule has 0 saturated heterocycles.